The Bertz CT molecular complexity index is 1620. The monoisotopic (exact) mass is 515 g/mol. The normalized spacial score (nSPS) is 10.5. The number of hydrogen-bond acceptors (Lipinski definition) is 7. The van der Waals surface area contributed by atoms with Gasteiger partial charge in [-0.25, -0.2) is 9.97 Å². The maximum absolute atomic E-state index is 13.2. The van der Waals surface area contributed by atoms with Crippen molar-refractivity contribution in [2.75, 3.05) is 28.3 Å². The van der Waals surface area contributed by atoms with E-state index in [4.69, 9.17) is 5.73 Å². The van der Waals surface area contributed by atoms with E-state index in [9.17, 15) is 9.59 Å². The minimum Gasteiger partial charge on any atom is -0.397 e. The number of hydrogen-bond donors (Lipinski definition) is 3. The Labute approximate surface area is 225 Å². The molecule has 2 amide bonds. The van der Waals surface area contributed by atoms with E-state index in [-0.39, 0.29) is 11.8 Å². The molecule has 5 aromatic rings. The lowest BCUT2D eigenvalue weighted by Gasteiger charge is -2.19. The number of anilines is 5. The van der Waals surface area contributed by atoms with E-state index in [0.29, 0.717) is 34.1 Å². The highest BCUT2D eigenvalue weighted by Gasteiger charge is 2.16. The van der Waals surface area contributed by atoms with Crippen molar-refractivity contribution in [1.82, 2.24) is 15.0 Å². The van der Waals surface area contributed by atoms with E-state index < -0.39 is 0 Å². The number of nitrogens with one attached hydrogen (secondary N) is 2. The van der Waals surface area contributed by atoms with Crippen LogP contribution in [0.25, 0.3) is 11.3 Å². The summed E-state index contributed by atoms with van der Waals surface area (Å²) in [7, 11) is 1.69. The SMILES string of the molecule is CN(C(=O)c1ccc(C(=O)Nc2ccccc2N)cc1)c1cccc(Nc2nccc(-c3cccnc3)n2)c1. The first-order valence-electron chi connectivity index (χ1n) is 12.1. The third-order valence-corrected chi connectivity index (χ3v) is 6.01. The van der Waals surface area contributed by atoms with Gasteiger partial charge in [-0.2, -0.15) is 0 Å². The summed E-state index contributed by atoms with van der Waals surface area (Å²) in [4.78, 5) is 40.4. The number of nitrogens with two attached hydrogens (primary N) is 1. The van der Waals surface area contributed by atoms with Crippen LogP contribution >= 0.6 is 0 Å². The first-order valence-corrected chi connectivity index (χ1v) is 12.1. The van der Waals surface area contributed by atoms with Crippen LogP contribution in [0.4, 0.5) is 28.7 Å². The van der Waals surface area contributed by atoms with Gasteiger partial charge in [0, 0.05) is 53.7 Å². The highest BCUT2D eigenvalue weighted by Crippen LogP contribution is 2.24. The molecule has 2 heterocycles. The Morgan fingerprint density at radius 1 is 0.846 bits per heavy atom. The van der Waals surface area contributed by atoms with Crippen molar-refractivity contribution < 1.29 is 9.59 Å². The Morgan fingerprint density at radius 3 is 2.41 bits per heavy atom. The molecule has 5 rings (SSSR count). The number of para-hydroxylation sites is 2. The number of rotatable bonds is 7. The smallest absolute Gasteiger partial charge is 0.258 e. The summed E-state index contributed by atoms with van der Waals surface area (Å²) < 4.78 is 0. The van der Waals surface area contributed by atoms with Crippen LogP contribution in [-0.4, -0.2) is 33.8 Å². The Hall–Kier alpha value is -5.57. The second-order valence-electron chi connectivity index (χ2n) is 8.67. The molecule has 0 aliphatic heterocycles. The van der Waals surface area contributed by atoms with Crippen LogP contribution in [0.1, 0.15) is 20.7 Å². The van der Waals surface area contributed by atoms with Crippen molar-refractivity contribution in [3.63, 3.8) is 0 Å². The fraction of sp³-hybridized carbons (Fsp3) is 0.0333. The molecule has 39 heavy (non-hydrogen) atoms. The van der Waals surface area contributed by atoms with Crippen molar-refractivity contribution >= 4 is 40.5 Å². The number of aromatic nitrogens is 3. The van der Waals surface area contributed by atoms with E-state index in [2.05, 4.69) is 25.6 Å². The molecule has 0 atom stereocenters. The summed E-state index contributed by atoms with van der Waals surface area (Å²) >= 11 is 0. The molecule has 9 nitrogen and oxygen atoms in total. The predicted molar refractivity (Wildman–Crippen MR) is 153 cm³/mol. The Kier molecular flexibility index (Phi) is 7.22. The first-order chi connectivity index (χ1) is 19.0. The van der Waals surface area contributed by atoms with E-state index in [1.807, 2.05) is 42.5 Å². The van der Waals surface area contributed by atoms with Crippen LogP contribution < -0.4 is 21.3 Å². The lowest BCUT2D eigenvalue weighted by atomic mass is 10.1. The zero-order valence-corrected chi connectivity index (χ0v) is 21.1. The van der Waals surface area contributed by atoms with Gasteiger partial charge in [-0.1, -0.05) is 18.2 Å². The molecule has 0 fully saturated rings. The molecule has 0 radical (unpaired) electrons. The fourth-order valence-corrected chi connectivity index (χ4v) is 3.90. The number of amides is 2. The van der Waals surface area contributed by atoms with Gasteiger partial charge in [-0.15, -0.1) is 0 Å². The van der Waals surface area contributed by atoms with E-state index in [0.717, 1.165) is 16.9 Å². The molecule has 2 aromatic heterocycles. The molecule has 192 valence electrons. The van der Waals surface area contributed by atoms with Crippen molar-refractivity contribution in [2.24, 2.45) is 0 Å². The summed E-state index contributed by atoms with van der Waals surface area (Å²) in [6.07, 6.45) is 5.13. The molecule has 4 N–H and O–H groups in total. The summed E-state index contributed by atoms with van der Waals surface area (Å²) in [5, 5.41) is 5.98. The summed E-state index contributed by atoms with van der Waals surface area (Å²) in [6.45, 7) is 0. The van der Waals surface area contributed by atoms with Gasteiger partial charge in [0.1, 0.15) is 0 Å². The van der Waals surface area contributed by atoms with Crippen molar-refractivity contribution in [1.29, 1.82) is 0 Å². The molecular formula is C30H25N7O2. The van der Waals surface area contributed by atoms with E-state index >= 15 is 0 Å². The first kappa shape index (κ1) is 25.1. The molecule has 9 heteroatoms. The number of carbonyl (C=O) groups is 2. The standard InChI is InChI=1S/C30H25N7O2/c1-37(29(39)21-13-11-20(12-14-21)28(38)35-27-10-3-2-9-25(27)31)24-8-4-7-23(18-24)34-30-33-17-15-26(36-30)22-6-5-16-32-19-22/h2-19H,31H2,1H3,(H,35,38)(H,33,34,36). The molecule has 0 saturated heterocycles. The van der Waals surface area contributed by atoms with Crippen LogP contribution in [0.3, 0.4) is 0 Å². The number of benzene rings is 3. The van der Waals surface area contributed by atoms with Gasteiger partial charge in [0.2, 0.25) is 5.95 Å². The molecule has 0 spiro atoms. The summed E-state index contributed by atoms with van der Waals surface area (Å²) in [5.74, 6) is -0.108. The van der Waals surface area contributed by atoms with E-state index in [1.54, 1.807) is 74.2 Å². The third-order valence-electron chi connectivity index (χ3n) is 6.01. The number of nitrogen functional groups attached to an aromatic ring is 1. The van der Waals surface area contributed by atoms with Gasteiger partial charge >= 0.3 is 0 Å². The quantitative estimate of drug-likeness (QED) is 0.248. The number of carbonyl (C=O) groups excluding carboxylic acids is 2. The predicted octanol–water partition coefficient (Wildman–Crippen LogP) is 5.39. The molecule has 0 unspecified atom stereocenters. The van der Waals surface area contributed by atoms with Gasteiger partial charge in [-0.3, -0.25) is 14.6 Å². The molecule has 0 aliphatic rings. The fourth-order valence-electron chi connectivity index (χ4n) is 3.90. The largest absolute Gasteiger partial charge is 0.397 e. The van der Waals surface area contributed by atoms with Gasteiger partial charge in [0.05, 0.1) is 17.1 Å². The lowest BCUT2D eigenvalue weighted by Crippen LogP contribution is -2.26. The second kappa shape index (κ2) is 11.2. The highest BCUT2D eigenvalue weighted by molar-refractivity contribution is 6.08. The number of nitrogens with zero attached hydrogens (tertiary/aromatic N) is 4. The summed E-state index contributed by atoms with van der Waals surface area (Å²) in [6, 6.07) is 26.5. The van der Waals surface area contributed by atoms with Crippen LogP contribution in [0.2, 0.25) is 0 Å². The second-order valence-corrected chi connectivity index (χ2v) is 8.67. The number of pyridine rings is 1. The average Bonchev–Trinajstić information content (AvgIpc) is 2.98. The molecule has 3 aromatic carbocycles. The minimum atomic E-state index is -0.311. The molecular weight excluding hydrogens is 490 g/mol. The maximum Gasteiger partial charge on any atom is 0.258 e. The van der Waals surface area contributed by atoms with Gasteiger partial charge in [0.15, 0.2) is 0 Å². The van der Waals surface area contributed by atoms with Crippen molar-refractivity contribution in [2.45, 2.75) is 0 Å². The average molecular weight is 516 g/mol. The Morgan fingerprint density at radius 2 is 1.64 bits per heavy atom. The van der Waals surface area contributed by atoms with E-state index in [1.165, 1.54) is 4.90 Å². The van der Waals surface area contributed by atoms with Crippen LogP contribution in [0.15, 0.2) is 110 Å². The Balaban J connectivity index is 1.27. The molecule has 0 aliphatic carbocycles. The third kappa shape index (κ3) is 5.89. The highest BCUT2D eigenvalue weighted by atomic mass is 16.2. The topological polar surface area (TPSA) is 126 Å². The van der Waals surface area contributed by atoms with Gasteiger partial charge in [-0.05, 0) is 72.8 Å². The van der Waals surface area contributed by atoms with Crippen LogP contribution in [0.5, 0.6) is 0 Å². The molecule has 0 bridgehead atoms. The van der Waals surface area contributed by atoms with Crippen LogP contribution in [-0.2, 0) is 0 Å². The molecule has 0 saturated carbocycles. The van der Waals surface area contributed by atoms with Crippen molar-refractivity contribution in [3.8, 4) is 11.3 Å². The zero-order valence-electron chi connectivity index (χ0n) is 21.1. The van der Waals surface area contributed by atoms with Gasteiger partial charge < -0.3 is 21.3 Å². The summed E-state index contributed by atoms with van der Waals surface area (Å²) in [5.41, 5.74) is 10.8. The van der Waals surface area contributed by atoms with Gasteiger partial charge in [0.25, 0.3) is 11.8 Å². The lowest BCUT2D eigenvalue weighted by molar-refractivity contribution is 0.0989. The maximum atomic E-state index is 13.2. The van der Waals surface area contributed by atoms with Crippen LogP contribution in [0, 0.1) is 0 Å². The zero-order chi connectivity index (χ0) is 27.2. The van der Waals surface area contributed by atoms with Crippen molar-refractivity contribution in [3.05, 3.63) is 121 Å². The minimum absolute atomic E-state index is 0.221.